The molecule has 3 nitrogen and oxygen atoms in total. The summed E-state index contributed by atoms with van der Waals surface area (Å²) >= 11 is 1.78. The van der Waals surface area contributed by atoms with Crippen LogP contribution in [-0.4, -0.2) is 23.6 Å². The van der Waals surface area contributed by atoms with E-state index in [2.05, 4.69) is 57.1 Å². The van der Waals surface area contributed by atoms with E-state index in [1.807, 2.05) is 0 Å². The highest BCUT2D eigenvalue weighted by Crippen LogP contribution is 2.36. The van der Waals surface area contributed by atoms with Crippen LogP contribution in [-0.2, 0) is 6.54 Å². The van der Waals surface area contributed by atoms with Gasteiger partial charge in [0.25, 0.3) is 0 Å². The van der Waals surface area contributed by atoms with Crippen LogP contribution >= 0.6 is 11.3 Å². The first kappa shape index (κ1) is 15.8. The Morgan fingerprint density at radius 1 is 1.30 bits per heavy atom. The summed E-state index contributed by atoms with van der Waals surface area (Å²) in [5.74, 6) is 0.780. The first-order chi connectivity index (χ1) is 9.15. The van der Waals surface area contributed by atoms with Crippen LogP contribution in [0.25, 0.3) is 0 Å². The SMILES string of the molecule is CC(C)(C)NCc1csc(N2CCC(C(C)(C)C)C2)n1. The maximum absolute atomic E-state index is 4.79. The van der Waals surface area contributed by atoms with E-state index in [1.54, 1.807) is 11.3 Å². The summed E-state index contributed by atoms with van der Waals surface area (Å²) in [5, 5.41) is 6.89. The minimum Gasteiger partial charge on any atom is -0.348 e. The number of anilines is 1. The van der Waals surface area contributed by atoms with Crippen molar-refractivity contribution in [1.82, 2.24) is 10.3 Å². The van der Waals surface area contributed by atoms with Crippen LogP contribution < -0.4 is 10.2 Å². The summed E-state index contributed by atoms with van der Waals surface area (Å²) in [6.45, 7) is 16.8. The number of nitrogens with one attached hydrogen (secondary N) is 1. The lowest BCUT2D eigenvalue weighted by Gasteiger charge is -2.26. The Hall–Kier alpha value is -0.610. The number of thiazole rings is 1. The number of rotatable bonds is 3. The van der Waals surface area contributed by atoms with E-state index in [1.165, 1.54) is 17.2 Å². The highest BCUT2D eigenvalue weighted by molar-refractivity contribution is 7.13. The van der Waals surface area contributed by atoms with Gasteiger partial charge in [-0.05, 0) is 38.5 Å². The van der Waals surface area contributed by atoms with E-state index >= 15 is 0 Å². The molecule has 0 aromatic carbocycles. The lowest BCUT2D eigenvalue weighted by atomic mass is 9.80. The molecule has 1 aliphatic rings. The predicted molar refractivity (Wildman–Crippen MR) is 88.5 cm³/mol. The first-order valence-corrected chi connectivity index (χ1v) is 8.47. The lowest BCUT2D eigenvalue weighted by molar-refractivity contribution is 0.263. The molecule has 1 aromatic rings. The fourth-order valence-electron chi connectivity index (χ4n) is 2.52. The number of hydrogen-bond acceptors (Lipinski definition) is 4. The maximum atomic E-state index is 4.79. The van der Waals surface area contributed by atoms with Crippen LogP contribution in [0.15, 0.2) is 5.38 Å². The first-order valence-electron chi connectivity index (χ1n) is 7.59. The molecule has 114 valence electrons. The highest BCUT2D eigenvalue weighted by atomic mass is 32.1. The van der Waals surface area contributed by atoms with E-state index in [4.69, 9.17) is 4.98 Å². The minimum atomic E-state index is 0.148. The van der Waals surface area contributed by atoms with Crippen molar-refractivity contribution in [2.24, 2.45) is 11.3 Å². The molecule has 1 N–H and O–H groups in total. The van der Waals surface area contributed by atoms with Crippen LogP contribution in [0, 0.1) is 11.3 Å². The average molecular weight is 295 g/mol. The molecule has 1 unspecified atom stereocenters. The van der Waals surface area contributed by atoms with Gasteiger partial charge in [0, 0.05) is 30.6 Å². The highest BCUT2D eigenvalue weighted by Gasteiger charge is 2.32. The van der Waals surface area contributed by atoms with Crippen molar-refractivity contribution in [1.29, 1.82) is 0 Å². The van der Waals surface area contributed by atoms with E-state index in [-0.39, 0.29) is 5.54 Å². The molecule has 0 radical (unpaired) electrons. The van der Waals surface area contributed by atoms with Crippen LogP contribution in [0.5, 0.6) is 0 Å². The molecule has 2 heterocycles. The largest absolute Gasteiger partial charge is 0.348 e. The summed E-state index contributed by atoms with van der Waals surface area (Å²) in [6.07, 6.45) is 1.29. The third kappa shape index (κ3) is 4.19. The standard InChI is InChI=1S/C16H29N3S/c1-15(2,3)12-7-8-19(10-12)14-18-13(11-20-14)9-17-16(4,5)6/h11-12,17H,7-10H2,1-6H3. The Morgan fingerprint density at radius 2 is 2.00 bits per heavy atom. The molecule has 1 aromatic heterocycles. The van der Waals surface area contributed by atoms with Gasteiger partial charge < -0.3 is 10.2 Å². The predicted octanol–water partition coefficient (Wildman–Crippen LogP) is 3.90. The van der Waals surface area contributed by atoms with Crippen molar-refractivity contribution in [3.8, 4) is 0 Å². The van der Waals surface area contributed by atoms with Crippen LogP contribution in [0.3, 0.4) is 0 Å². The molecule has 0 spiro atoms. The molecule has 1 saturated heterocycles. The van der Waals surface area contributed by atoms with Gasteiger partial charge in [-0.25, -0.2) is 4.98 Å². The lowest BCUT2D eigenvalue weighted by Crippen LogP contribution is -2.35. The van der Waals surface area contributed by atoms with Gasteiger partial charge in [-0.1, -0.05) is 20.8 Å². The smallest absolute Gasteiger partial charge is 0.185 e. The Bertz CT molecular complexity index is 439. The molecule has 4 heteroatoms. The topological polar surface area (TPSA) is 28.2 Å². The minimum absolute atomic E-state index is 0.148. The molecule has 0 bridgehead atoms. The molecule has 0 aliphatic carbocycles. The summed E-state index contributed by atoms with van der Waals surface area (Å²) in [7, 11) is 0. The summed E-state index contributed by atoms with van der Waals surface area (Å²) in [4.78, 5) is 7.25. The van der Waals surface area contributed by atoms with Crippen LogP contribution in [0.2, 0.25) is 0 Å². The monoisotopic (exact) mass is 295 g/mol. The van der Waals surface area contributed by atoms with Crippen LogP contribution in [0.1, 0.15) is 53.7 Å². The van der Waals surface area contributed by atoms with Crippen molar-refractivity contribution in [3.63, 3.8) is 0 Å². The fourth-order valence-corrected chi connectivity index (χ4v) is 3.38. The Kier molecular flexibility index (Phi) is 4.45. The van der Waals surface area contributed by atoms with Gasteiger partial charge in [0.15, 0.2) is 5.13 Å². The second-order valence-electron chi connectivity index (χ2n) is 8.02. The normalized spacial score (nSPS) is 20.7. The molecule has 1 aliphatic heterocycles. The molecule has 0 amide bonds. The zero-order valence-corrected chi connectivity index (χ0v) is 14.6. The Morgan fingerprint density at radius 3 is 2.55 bits per heavy atom. The maximum Gasteiger partial charge on any atom is 0.185 e. The molecular weight excluding hydrogens is 266 g/mol. The summed E-state index contributed by atoms with van der Waals surface area (Å²) in [6, 6.07) is 0. The Balaban J connectivity index is 1.93. The number of aromatic nitrogens is 1. The van der Waals surface area contributed by atoms with Crippen molar-refractivity contribution in [3.05, 3.63) is 11.1 Å². The van der Waals surface area contributed by atoms with Gasteiger partial charge in [0.05, 0.1) is 5.69 Å². The Labute approximate surface area is 127 Å². The van der Waals surface area contributed by atoms with Crippen molar-refractivity contribution < 1.29 is 0 Å². The molecule has 20 heavy (non-hydrogen) atoms. The quantitative estimate of drug-likeness (QED) is 0.916. The summed E-state index contributed by atoms with van der Waals surface area (Å²) < 4.78 is 0. The number of nitrogens with zero attached hydrogens (tertiary/aromatic N) is 2. The molecule has 1 atom stereocenters. The second kappa shape index (κ2) is 5.64. The van der Waals surface area contributed by atoms with Gasteiger partial charge in [-0.15, -0.1) is 11.3 Å². The number of hydrogen-bond donors (Lipinski definition) is 1. The van der Waals surface area contributed by atoms with E-state index < -0.39 is 0 Å². The zero-order valence-electron chi connectivity index (χ0n) is 13.8. The van der Waals surface area contributed by atoms with Gasteiger partial charge in [0.2, 0.25) is 0 Å². The van der Waals surface area contributed by atoms with E-state index in [0.29, 0.717) is 5.41 Å². The molecule has 1 fully saturated rings. The van der Waals surface area contributed by atoms with Gasteiger partial charge in [-0.3, -0.25) is 0 Å². The van der Waals surface area contributed by atoms with Crippen molar-refractivity contribution in [2.75, 3.05) is 18.0 Å². The molecule has 0 saturated carbocycles. The molecule has 2 rings (SSSR count). The van der Waals surface area contributed by atoms with E-state index in [9.17, 15) is 0 Å². The van der Waals surface area contributed by atoms with Crippen molar-refractivity contribution in [2.45, 2.75) is 60.0 Å². The average Bonchev–Trinajstić information content (AvgIpc) is 2.93. The third-order valence-corrected chi connectivity index (χ3v) is 4.97. The van der Waals surface area contributed by atoms with Gasteiger partial charge >= 0.3 is 0 Å². The second-order valence-corrected chi connectivity index (χ2v) is 8.86. The zero-order chi connectivity index (χ0) is 15.0. The van der Waals surface area contributed by atoms with Gasteiger partial charge in [-0.2, -0.15) is 0 Å². The van der Waals surface area contributed by atoms with Crippen LogP contribution in [0.4, 0.5) is 5.13 Å². The van der Waals surface area contributed by atoms with Gasteiger partial charge in [0.1, 0.15) is 0 Å². The summed E-state index contributed by atoms with van der Waals surface area (Å²) in [5.41, 5.74) is 1.72. The third-order valence-electron chi connectivity index (χ3n) is 4.02. The fraction of sp³-hybridized carbons (Fsp3) is 0.812. The van der Waals surface area contributed by atoms with Crippen molar-refractivity contribution >= 4 is 16.5 Å². The molecular formula is C16H29N3S. The van der Waals surface area contributed by atoms with E-state index in [0.717, 1.165) is 25.6 Å².